The van der Waals surface area contributed by atoms with Crippen molar-refractivity contribution in [2.75, 3.05) is 0 Å². The molecule has 0 spiro atoms. The first-order chi connectivity index (χ1) is 8.74. The van der Waals surface area contributed by atoms with Crippen LogP contribution in [0.4, 0.5) is 0 Å². The second-order valence-electron chi connectivity index (χ2n) is 4.45. The van der Waals surface area contributed by atoms with Crippen LogP contribution in [0.25, 0.3) is 11.1 Å². The fourth-order valence-electron chi connectivity index (χ4n) is 2.74. The van der Waals surface area contributed by atoms with Crippen LogP contribution in [0.5, 0.6) is 0 Å². The van der Waals surface area contributed by atoms with Crippen LogP contribution in [-0.4, -0.2) is 5.97 Å². The minimum atomic E-state index is -0.322. The Morgan fingerprint density at radius 3 is 2.61 bits per heavy atom. The third kappa shape index (κ3) is 1.51. The molecule has 2 nitrogen and oxygen atoms in total. The van der Waals surface area contributed by atoms with E-state index >= 15 is 0 Å². The molecule has 3 rings (SSSR count). The molecule has 1 atom stereocenters. The van der Waals surface area contributed by atoms with E-state index in [0.717, 1.165) is 27.8 Å². The van der Waals surface area contributed by atoms with E-state index in [1.807, 2.05) is 37.3 Å². The first-order valence-corrected chi connectivity index (χ1v) is 6.40. The second-order valence-corrected chi connectivity index (χ2v) is 4.78. The molecule has 1 unspecified atom stereocenters. The molecule has 0 saturated carbocycles. The van der Waals surface area contributed by atoms with Gasteiger partial charge in [-0.05, 0) is 34.7 Å². The maximum atomic E-state index is 12.0. The van der Waals surface area contributed by atoms with Crippen molar-refractivity contribution in [3.05, 3.63) is 59.2 Å². The van der Waals surface area contributed by atoms with E-state index < -0.39 is 0 Å². The molecule has 0 fully saturated rings. The second kappa shape index (κ2) is 4.25. The first kappa shape index (κ1) is 11.5. The molecule has 3 heteroatoms. The van der Waals surface area contributed by atoms with Crippen molar-refractivity contribution < 1.29 is 8.62 Å². The predicted molar refractivity (Wildman–Crippen MR) is 73.5 cm³/mol. The molecule has 90 valence electrons. The number of benzene rings is 2. The van der Waals surface area contributed by atoms with Gasteiger partial charge in [0, 0.05) is 0 Å². The summed E-state index contributed by atoms with van der Waals surface area (Å²) in [6.45, 7) is 2.03. The van der Waals surface area contributed by atoms with Gasteiger partial charge in [0.25, 0.3) is 0 Å². The van der Waals surface area contributed by atoms with Gasteiger partial charge < -0.3 is 3.83 Å². The van der Waals surface area contributed by atoms with Crippen LogP contribution in [0.3, 0.4) is 0 Å². The van der Waals surface area contributed by atoms with Gasteiger partial charge in [-0.1, -0.05) is 42.5 Å². The maximum absolute atomic E-state index is 12.0. The number of hydrogen-bond acceptors (Lipinski definition) is 2. The average molecular weight is 303 g/mol. The highest BCUT2D eigenvalue weighted by Gasteiger charge is 2.35. The van der Waals surface area contributed by atoms with E-state index in [-0.39, 0.29) is 11.9 Å². The van der Waals surface area contributed by atoms with Gasteiger partial charge in [0.1, 0.15) is 5.92 Å². The molecule has 0 heterocycles. The summed E-state index contributed by atoms with van der Waals surface area (Å²) in [5.74, 6) is -0.590. The van der Waals surface area contributed by atoms with Crippen molar-refractivity contribution in [2.45, 2.75) is 12.8 Å². The molecule has 1 aliphatic rings. The van der Waals surface area contributed by atoms with E-state index in [1.54, 1.807) is 0 Å². The summed E-state index contributed by atoms with van der Waals surface area (Å²) >= 11 is 2.80. The molecule has 0 aromatic heterocycles. The number of carbonyl (C=O) groups is 1. The van der Waals surface area contributed by atoms with Crippen molar-refractivity contribution in [1.29, 1.82) is 0 Å². The average Bonchev–Trinajstić information content (AvgIpc) is 2.74. The molecule has 0 N–H and O–H groups in total. The number of hydrogen-bond donors (Lipinski definition) is 0. The zero-order valence-electron chi connectivity index (χ0n) is 9.81. The molecular formula is C15H11BrO2. The Morgan fingerprint density at radius 1 is 1.11 bits per heavy atom. The lowest BCUT2D eigenvalue weighted by molar-refractivity contribution is -0.132. The zero-order chi connectivity index (χ0) is 12.7. The van der Waals surface area contributed by atoms with Gasteiger partial charge in [0.15, 0.2) is 16.3 Å². The topological polar surface area (TPSA) is 26.3 Å². The van der Waals surface area contributed by atoms with E-state index in [1.165, 1.54) is 0 Å². The van der Waals surface area contributed by atoms with E-state index in [4.69, 9.17) is 3.83 Å². The van der Waals surface area contributed by atoms with Crippen LogP contribution < -0.4 is 0 Å². The van der Waals surface area contributed by atoms with E-state index in [0.29, 0.717) is 0 Å². The van der Waals surface area contributed by atoms with Gasteiger partial charge in [-0.25, -0.2) is 0 Å². The summed E-state index contributed by atoms with van der Waals surface area (Å²) in [6.07, 6.45) is 0. The predicted octanol–water partition coefficient (Wildman–Crippen LogP) is 3.96. The summed E-state index contributed by atoms with van der Waals surface area (Å²) < 4.78 is 4.78. The molecule has 18 heavy (non-hydrogen) atoms. The van der Waals surface area contributed by atoms with Gasteiger partial charge in [-0.3, -0.25) is 4.79 Å². The largest absolute Gasteiger partial charge is 0.383 e. The lowest BCUT2D eigenvalue weighted by Gasteiger charge is -2.11. The molecule has 2 aromatic carbocycles. The molecule has 2 aromatic rings. The molecule has 0 radical (unpaired) electrons. The summed E-state index contributed by atoms with van der Waals surface area (Å²) in [4.78, 5) is 12.0. The minimum absolute atomic E-state index is 0.268. The van der Waals surface area contributed by atoms with E-state index in [2.05, 4.69) is 28.4 Å². The summed E-state index contributed by atoms with van der Waals surface area (Å²) in [7, 11) is 0. The van der Waals surface area contributed by atoms with Crippen LogP contribution in [0.15, 0.2) is 42.5 Å². The minimum Gasteiger partial charge on any atom is -0.383 e. The molecule has 1 aliphatic carbocycles. The Balaban J connectivity index is 2.32. The van der Waals surface area contributed by atoms with Gasteiger partial charge in [-0.15, -0.1) is 0 Å². The molecule has 0 aliphatic heterocycles. The zero-order valence-corrected chi connectivity index (χ0v) is 11.4. The van der Waals surface area contributed by atoms with Crippen LogP contribution in [-0.2, 0) is 8.62 Å². The molecule has 0 amide bonds. The smallest absolute Gasteiger partial charge is 0.329 e. The van der Waals surface area contributed by atoms with Gasteiger partial charge in [0.05, 0.1) is 0 Å². The Bertz CT molecular complexity index is 634. The fraction of sp³-hybridized carbons (Fsp3) is 0.133. The molecule has 0 bridgehead atoms. The standard InChI is InChI=1S/C15H11BrO2/c1-9-5-4-8-11-10-6-2-3-7-12(10)14(13(9)11)15(17)18-16/h2-8,14H,1H3. The maximum Gasteiger partial charge on any atom is 0.329 e. The van der Waals surface area contributed by atoms with Crippen molar-refractivity contribution in [1.82, 2.24) is 0 Å². The number of aryl methyl sites for hydroxylation is 1. The Labute approximate surface area is 114 Å². The molecule has 0 saturated heterocycles. The number of fused-ring (bicyclic) bond motifs is 3. The Hall–Kier alpha value is -1.61. The highest BCUT2D eigenvalue weighted by Crippen LogP contribution is 2.46. The summed E-state index contributed by atoms with van der Waals surface area (Å²) in [5, 5.41) is 0. The van der Waals surface area contributed by atoms with Crippen LogP contribution >= 0.6 is 16.3 Å². The lowest BCUT2D eigenvalue weighted by atomic mass is 9.94. The van der Waals surface area contributed by atoms with Crippen LogP contribution in [0, 0.1) is 6.92 Å². The van der Waals surface area contributed by atoms with Gasteiger partial charge in [0.2, 0.25) is 0 Å². The van der Waals surface area contributed by atoms with Crippen molar-refractivity contribution in [3.8, 4) is 11.1 Å². The van der Waals surface area contributed by atoms with Crippen molar-refractivity contribution in [3.63, 3.8) is 0 Å². The van der Waals surface area contributed by atoms with Crippen LogP contribution in [0.2, 0.25) is 0 Å². The quantitative estimate of drug-likeness (QED) is 0.797. The van der Waals surface area contributed by atoms with Crippen LogP contribution in [0.1, 0.15) is 22.6 Å². The highest BCUT2D eigenvalue weighted by atomic mass is 79.9. The highest BCUT2D eigenvalue weighted by molar-refractivity contribution is 9.06. The SMILES string of the molecule is Cc1cccc2c1C(C(=O)OBr)c1ccccc1-2. The molecular weight excluding hydrogens is 292 g/mol. The fourth-order valence-corrected chi connectivity index (χ4v) is 2.92. The first-order valence-electron chi connectivity index (χ1n) is 5.75. The monoisotopic (exact) mass is 302 g/mol. The van der Waals surface area contributed by atoms with E-state index in [9.17, 15) is 4.79 Å². The lowest BCUT2D eigenvalue weighted by Crippen LogP contribution is -2.12. The Kier molecular flexibility index (Phi) is 2.71. The summed E-state index contributed by atoms with van der Waals surface area (Å²) in [5.41, 5.74) is 5.45. The van der Waals surface area contributed by atoms with Gasteiger partial charge in [-0.2, -0.15) is 0 Å². The van der Waals surface area contributed by atoms with Crippen molar-refractivity contribution in [2.24, 2.45) is 0 Å². The van der Waals surface area contributed by atoms with Crippen molar-refractivity contribution >= 4 is 22.2 Å². The Morgan fingerprint density at radius 2 is 1.83 bits per heavy atom. The normalized spacial score (nSPS) is 16.0. The van der Waals surface area contributed by atoms with Gasteiger partial charge >= 0.3 is 5.97 Å². The number of carbonyl (C=O) groups excluding carboxylic acids is 1. The summed E-state index contributed by atoms with van der Waals surface area (Å²) in [6, 6.07) is 14.1. The number of halogens is 1. The third-order valence-electron chi connectivity index (χ3n) is 3.49. The third-order valence-corrected chi connectivity index (χ3v) is 3.81. The number of rotatable bonds is 1.